The summed E-state index contributed by atoms with van der Waals surface area (Å²) in [6, 6.07) is 15.8. The molecule has 32 heavy (non-hydrogen) atoms. The zero-order chi connectivity index (χ0) is 22.7. The molecule has 0 fully saturated rings. The number of nitrogens with zero attached hydrogens (tertiary/aromatic N) is 4. The van der Waals surface area contributed by atoms with Gasteiger partial charge in [0.1, 0.15) is 11.4 Å². The van der Waals surface area contributed by atoms with Gasteiger partial charge in [0.15, 0.2) is 0 Å². The number of nitrogens with two attached hydrogens (primary N) is 2. The van der Waals surface area contributed by atoms with Crippen molar-refractivity contribution in [2.75, 3.05) is 10.9 Å². The maximum absolute atomic E-state index is 6.30. The Morgan fingerprint density at radius 3 is 2.53 bits per heavy atom. The summed E-state index contributed by atoms with van der Waals surface area (Å²) in [6.45, 7) is 3.87. The van der Waals surface area contributed by atoms with E-state index in [2.05, 4.69) is 15.1 Å². The molecule has 4 aromatic rings. The summed E-state index contributed by atoms with van der Waals surface area (Å²) in [5, 5.41) is 5.55. The topological polar surface area (TPSA) is 126 Å². The van der Waals surface area contributed by atoms with Crippen molar-refractivity contribution in [3.05, 3.63) is 65.8 Å². The molecule has 9 nitrogen and oxygen atoms in total. The maximum Gasteiger partial charge on any atom is 0.259 e. The number of hydrogen-bond donors (Lipinski definition) is 2. The molecule has 2 aromatic heterocycles. The molecule has 0 aliphatic heterocycles. The van der Waals surface area contributed by atoms with E-state index in [1.54, 1.807) is 54.7 Å². The van der Waals surface area contributed by atoms with Gasteiger partial charge in [-0.25, -0.2) is 10.8 Å². The highest BCUT2D eigenvalue weighted by Crippen LogP contribution is 2.31. The van der Waals surface area contributed by atoms with Crippen LogP contribution in [0.25, 0.3) is 22.8 Å². The van der Waals surface area contributed by atoms with Crippen molar-refractivity contribution in [3.8, 4) is 34.5 Å². The van der Waals surface area contributed by atoms with Gasteiger partial charge in [-0.1, -0.05) is 28.9 Å². The van der Waals surface area contributed by atoms with Crippen LogP contribution in [0, 0.1) is 0 Å². The molecule has 0 radical (unpaired) electrons. The number of hydrazine groups is 1. The third-order valence-corrected chi connectivity index (χ3v) is 4.62. The molecule has 2 heterocycles. The summed E-state index contributed by atoms with van der Waals surface area (Å²) >= 11 is 6.30. The molecule has 4 rings (SSSR count). The second kappa shape index (κ2) is 9.13. The summed E-state index contributed by atoms with van der Waals surface area (Å²) in [7, 11) is 0. The second-order valence-electron chi connectivity index (χ2n) is 7.10. The van der Waals surface area contributed by atoms with Gasteiger partial charge in [0.05, 0.1) is 22.4 Å². The minimum atomic E-state index is 0.0194. The molecule has 2 aromatic carbocycles. The van der Waals surface area contributed by atoms with Crippen molar-refractivity contribution in [2.24, 2.45) is 5.84 Å². The minimum absolute atomic E-state index is 0.0194. The van der Waals surface area contributed by atoms with Crippen molar-refractivity contribution in [1.82, 2.24) is 15.1 Å². The van der Waals surface area contributed by atoms with E-state index in [1.165, 1.54) is 0 Å². The molecule has 0 saturated heterocycles. The first-order chi connectivity index (χ1) is 15.4. The van der Waals surface area contributed by atoms with Gasteiger partial charge in [0.25, 0.3) is 5.89 Å². The molecule has 0 unspecified atom stereocenters. The number of nitrogen functional groups attached to an aromatic ring is 1. The molecule has 0 spiro atoms. The first-order valence-electron chi connectivity index (χ1n) is 9.74. The number of pyridine rings is 1. The lowest BCUT2D eigenvalue weighted by molar-refractivity contribution is 0.242. The molecular formula is C22H21ClN6O3. The summed E-state index contributed by atoms with van der Waals surface area (Å²) in [6.07, 6.45) is 1.56. The van der Waals surface area contributed by atoms with Crippen LogP contribution in [0.2, 0.25) is 5.02 Å². The molecule has 0 amide bonds. The van der Waals surface area contributed by atoms with E-state index in [-0.39, 0.29) is 12.0 Å². The third-order valence-electron chi connectivity index (χ3n) is 4.33. The molecule has 0 atom stereocenters. The fourth-order valence-corrected chi connectivity index (χ4v) is 3.07. The smallest absolute Gasteiger partial charge is 0.259 e. The van der Waals surface area contributed by atoms with E-state index < -0.39 is 0 Å². The Morgan fingerprint density at radius 1 is 1.06 bits per heavy atom. The van der Waals surface area contributed by atoms with Gasteiger partial charge < -0.3 is 19.8 Å². The highest BCUT2D eigenvalue weighted by Gasteiger charge is 2.14. The lowest BCUT2D eigenvalue weighted by Gasteiger charge is -2.19. The number of aromatic nitrogens is 3. The van der Waals surface area contributed by atoms with Gasteiger partial charge in [0.2, 0.25) is 11.7 Å². The van der Waals surface area contributed by atoms with Gasteiger partial charge in [-0.3, -0.25) is 0 Å². The van der Waals surface area contributed by atoms with Crippen molar-refractivity contribution in [1.29, 1.82) is 0 Å². The van der Waals surface area contributed by atoms with Gasteiger partial charge >= 0.3 is 0 Å². The molecule has 10 heteroatoms. The first kappa shape index (κ1) is 21.4. The van der Waals surface area contributed by atoms with Crippen LogP contribution in [0.15, 0.2) is 65.3 Å². The third kappa shape index (κ3) is 4.74. The van der Waals surface area contributed by atoms with Crippen molar-refractivity contribution in [3.63, 3.8) is 0 Å². The number of ether oxygens (including phenoxy) is 1. The summed E-state index contributed by atoms with van der Waals surface area (Å²) in [4.78, 5) is 14.2. The zero-order valence-electron chi connectivity index (χ0n) is 17.4. The number of halogens is 1. The molecule has 4 N–H and O–H groups in total. The van der Waals surface area contributed by atoms with Gasteiger partial charge in [-0.05, 0) is 50.2 Å². The molecule has 0 aliphatic rings. The standard InChI is InChI=1S/C22H21ClN6O3/c1-13(2)30-19-9-7-14(11-16(19)23)21-27-22(31-28-21)15-8-10-20(26-12-15)32-29(25)18-6-4-3-5-17(18)24/h3-13H,24-25H2,1-2H3. The Hall–Kier alpha value is -3.82. The molecular weight excluding hydrogens is 432 g/mol. The summed E-state index contributed by atoms with van der Waals surface area (Å²) in [5.41, 5.74) is 8.21. The van der Waals surface area contributed by atoms with E-state index in [1.807, 2.05) is 19.9 Å². The minimum Gasteiger partial charge on any atom is -0.489 e. The summed E-state index contributed by atoms with van der Waals surface area (Å²) < 4.78 is 11.0. The van der Waals surface area contributed by atoms with Crippen LogP contribution in [0.4, 0.5) is 11.4 Å². The molecule has 0 saturated carbocycles. The maximum atomic E-state index is 6.30. The van der Waals surface area contributed by atoms with E-state index >= 15 is 0 Å². The number of hydrogen-bond acceptors (Lipinski definition) is 9. The van der Waals surface area contributed by atoms with Crippen LogP contribution < -0.4 is 26.3 Å². The van der Waals surface area contributed by atoms with Crippen LogP contribution in [0.5, 0.6) is 11.6 Å². The second-order valence-corrected chi connectivity index (χ2v) is 7.50. The van der Waals surface area contributed by atoms with Crippen LogP contribution in [-0.4, -0.2) is 21.2 Å². The molecule has 0 aliphatic carbocycles. The largest absolute Gasteiger partial charge is 0.489 e. The average molecular weight is 453 g/mol. The Morgan fingerprint density at radius 2 is 1.84 bits per heavy atom. The van der Waals surface area contributed by atoms with Gasteiger partial charge in [0, 0.05) is 17.8 Å². The SMILES string of the molecule is CC(C)Oc1ccc(-c2noc(-c3ccc(ON(N)c4ccccc4N)nc3)n2)cc1Cl. The Bertz CT molecular complexity index is 1210. The van der Waals surface area contributed by atoms with Gasteiger partial charge in [-0.2, -0.15) is 4.98 Å². The van der Waals surface area contributed by atoms with Gasteiger partial charge in [-0.15, -0.1) is 5.17 Å². The zero-order valence-corrected chi connectivity index (χ0v) is 18.2. The van der Waals surface area contributed by atoms with Crippen LogP contribution in [0.1, 0.15) is 13.8 Å². The number of para-hydroxylation sites is 2. The first-order valence-corrected chi connectivity index (χ1v) is 10.1. The summed E-state index contributed by atoms with van der Waals surface area (Å²) in [5.74, 6) is 7.49. The van der Waals surface area contributed by atoms with Crippen molar-refractivity contribution < 1.29 is 14.1 Å². The molecule has 0 bridgehead atoms. The quantitative estimate of drug-likeness (QED) is 0.237. The lowest BCUT2D eigenvalue weighted by Crippen LogP contribution is -2.35. The van der Waals surface area contributed by atoms with Crippen molar-refractivity contribution in [2.45, 2.75) is 20.0 Å². The fraction of sp³-hybridized carbons (Fsp3) is 0.136. The Labute approximate surface area is 189 Å². The van der Waals surface area contributed by atoms with Crippen LogP contribution in [0.3, 0.4) is 0 Å². The lowest BCUT2D eigenvalue weighted by atomic mass is 10.2. The highest BCUT2D eigenvalue weighted by atomic mass is 35.5. The fourth-order valence-electron chi connectivity index (χ4n) is 2.85. The van der Waals surface area contributed by atoms with Crippen LogP contribution >= 0.6 is 11.6 Å². The monoisotopic (exact) mass is 452 g/mol. The van der Waals surface area contributed by atoms with E-state index in [0.29, 0.717) is 45.0 Å². The Balaban J connectivity index is 1.48. The van der Waals surface area contributed by atoms with E-state index in [9.17, 15) is 0 Å². The predicted molar refractivity (Wildman–Crippen MR) is 122 cm³/mol. The number of benzene rings is 2. The number of anilines is 2. The van der Waals surface area contributed by atoms with Crippen LogP contribution in [-0.2, 0) is 0 Å². The number of rotatable bonds is 7. The normalized spacial score (nSPS) is 10.9. The van der Waals surface area contributed by atoms with Crippen molar-refractivity contribution >= 4 is 23.0 Å². The highest BCUT2D eigenvalue weighted by molar-refractivity contribution is 6.32. The Kier molecular flexibility index (Phi) is 6.11. The molecule has 164 valence electrons. The van der Waals surface area contributed by atoms with E-state index in [0.717, 1.165) is 5.17 Å². The average Bonchev–Trinajstić information content (AvgIpc) is 3.26. The predicted octanol–water partition coefficient (Wildman–Crippen LogP) is 4.50. The van der Waals surface area contributed by atoms with E-state index in [4.69, 9.17) is 37.3 Å².